The van der Waals surface area contributed by atoms with Gasteiger partial charge in [-0.1, -0.05) is 4.49 Å². The monoisotopic (exact) mass is 156 g/mol. The molecule has 3 nitrogen and oxygen atoms in total. The van der Waals surface area contributed by atoms with Gasteiger partial charge in [-0.25, -0.2) is 0 Å². The molecule has 0 saturated heterocycles. The minimum atomic E-state index is 0.623. The number of carbonyl (C=O) groups is 1. The predicted octanol–water partition coefficient (Wildman–Crippen LogP) is 1.06. The Morgan fingerprint density at radius 2 is 2.60 bits per heavy atom. The Morgan fingerprint density at radius 1 is 1.70 bits per heavy atom. The Morgan fingerprint density at radius 3 is 3.20 bits per heavy atom. The number of aldehydes is 1. The van der Waals surface area contributed by atoms with Crippen LogP contribution in [0.2, 0.25) is 0 Å². The first-order chi connectivity index (χ1) is 4.93. The van der Waals surface area contributed by atoms with Crippen LogP contribution in [-0.2, 0) is 11.2 Å². The van der Waals surface area contributed by atoms with Crippen molar-refractivity contribution in [3.63, 3.8) is 0 Å². The first-order valence-electron chi connectivity index (χ1n) is 3.13. The Kier molecular flexibility index (Phi) is 3.02. The maximum Gasteiger partial charge on any atom is 0.120 e. The lowest BCUT2D eigenvalue weighted by Crippen LogP contribution is -1.85. The van der Waals surface area contributed by atoms with Crippen molar-refractivity contribution in [3.8, 4) is 0 Å². The fourth-order valence-corrected chi connectivity index (χ4v) is 1.15. The van der Waals surface area contributed by atoms with Crippen molar-refractivity contribution in [1.29, 1.82) is 0 Å². The van der Waals surface area contributed by atoms with Crippen molar-refractivity contribution in [2.45, 2.75) is 19.3 Å². The van der Waals surface area contributed by atoms with Gasteiger partial charge in [-0.05, 0) is 24.4 Å². The van der Waals surface area contributed by atoms with Gasteiger partial charge in [-0.15, -0.1) is 5.10 Å². The average Bonchev–Trinajstić information content (AvgIpc) is 2.41. The quantitative estimate of drug-likeness (QED) is 0.483. The minimum Gasteiger partial charge on any atom is -0.303 e. The summed E-state index contributed by atoms with van der Waals surface area (Å²) < 4.78 is 3.70. The molecule has 10 heavy (non-hydrogen) atoms. The van der Waals surface area contributed by atoms with Gasteiger partial charge in [0.1, 0.15) is 6.29 Å². The van der Waals surface area contributed by atoms with Gasteiger partial charge < -0.3 is 4.79 Å². The molecule has 0 aliphatic heterocycles. The van der Waals surface area contributed by atoms with E-state index in [0.717, 1.165) is 24.8 Å². The first kappa shape index (κ1) is 7.34. The van der Waals surface area contributed by atoms with E-state index in [1.165, 1.54) is 11.5 Å². The molecule has 0 N–H and O–H groups in total. The molecule has 0 unspecified atom stereocenters. The topological polar surface area (TPSA) is 42.9 Å². The normalized spacial score (nSPS) is 9.60. The number of rotatable bonds is 4. The van der Waals surface area contributed by atoms with Crippen molar-refractivity contribution in [1.82, 2.24) is 9.59 Å². The third-order valence-electron chi connectivity index (χ3n) is 1.16. The number of hydrogen-bond acceptors (Lipinski definition) is 4. The van der Waals surface area contributed by atoms with E-state index in [4.69, 9.17) is 0 Å². The fraction of sp³-hybridized carbons (Fsp3) is 0.500. The fourth-order valence-electron chi connectivity index (χ4n) is 0.659. The number of hydrogen-bond donors (Lipinski definition) is 0. The molecule has 1 aromatic rings. The summed E-state index contributed by atoms with van der Waals surface area (Å²) >= 11 is 1.35. The van der Waals surface area contributed by atoms with E-state index < -0.39 is 0 Å². The van der Waals surface area contributed by atoms with Crippen LogP contribution in [0.5, 0.6) is 0 Å². The van der Waals surface area contributed by atoms with Gasteiger partial charge in [-0.2, -0.15) is 0 Å². The standard InChI is InChI=1S/C6H8N2OS/c9-4-2-1-3-6-5-10-8-7-6/h4-5H,1-3H2. The summed E-state index contributed by atoms with van der Waals surface area (Å²) in [5, 5.41) is 5.75. The van der Waals surface area contributed by atoms with Crippen molar-refractivity contribution in [3.05, 3.63) is 11.1 Å². The third-order valence-corrected chi connectivity index (χ3v) is 1.71. The lowest BCUT2D eigenvalue weighted by molar-refractivity contribution is -0.107. The summed E-state index contributed by atoms with van der Waals surface area (Å²) in [7, 11) is 0. The summed E-state index contributed by atoms with van der Waals surface area (Å²) in [5.41, 5.74) is 0.992. The second-order valence-electron chi connectivity index (χ2n) is 1.96. The minimum absolute atomic E-state index is 0.623. The number of aromatic nitrogens is 2. The molecule has 4 heteroatoms. The Bertz CT molecular complexity index is 186. The SMILES string of the molecule is O=CCCCc1csnn1. The highest BCUT2D eigenvalue weighted by molar-refractivity contribution is 7.03. The molecule has 0 aliphatic carbocycles. The summed E-state index contributed by atoms with van der Waals surface area (Å²) in [6, 6.07) is 0. The Balaban J connectivity index is 2.21. The number of nitrogens with zero attached hydrogens (tertiary/aromatic N) is 2. The molecule has 0 spiro atoms. The molecular weight excluding hydrogens is 148 g/mol. The molecule has 0 fully saturated rings. The molecule has 0 aliphatic rings. The molecule has 1 aromatic heterocycles. The van der Waals surface area contributed by atoms with Crippen LogP contribution >= 0.6 is 11.5 Å². The van der Waals surface area contributed by atoms with Crippen LogP contribution in [-0.4, -0.2) is 15.9 Å². The molecular formula is C6H8N2OS. The van der Waals surface area contributed by atoms with Crippen LogP contribution < -0.4 is 0 Å². The maximum absolute atomic E-state index is 9.90. The van der Waals surface area contributed by atoms with Gasteiger partial charge in [-0.3, -0.25) is 0 Å². The predicted molar refractivity (Wildman–Crippen MR) is 38.9 cm³/mol. The van der Waals surface area contributed by atoms with Crippen LogP contribution in [0.3, 0.4) is 0 Å². The van der Waals surface area contributed by atoms with Crippen LogP contribution in [0.4, 0.5) is 0 Å². The van der Waals surface area contributed by atoms with E-state index in [1.807, 2.05) is 5.38 Å². The molecule has 1 heterocycles. The van der Waals surface area contributed by atoms with E-state index in [0.29, 0.717) is 6.42 Å². The van der Waals surface area contributed by atoms with Crippen LogP contribution in [0, 0.1) is 0 Å². The van der Waals surface area contributed by atoms with E-state index >= 15 is 0 Å². The first-order valence-corrected chi connectivity index (χ1v) is 3.96. The van der Waals surface area contributed by atoms with E-state index in [-0.39, 0.29) is 0 Å². The maximum atomic E-state index is 9.90. The van der Waals surface area contributed by atoms with Gasteiger partial charge in [0, 0.05) is 11.8 Å². The van der Waals surface area contributed by atoms with E-state index in [9.17, 15) is 4.79 Å². The lowest BCUT2D eigenvalue weighted by Gasteiger charge is -1.87. The molecule has 0 saturated carbocycles. The van der Waals surface area contributed by atoms with Crippen LogP contribution in [0.1, 0.15) is 18.5 Å². The zero-order valence-corrected chi connectivity index (χ0v) is 6.30. The molecule has 0 radical (unpaired) electrons. The lowest BCUT2D eigenvalue weighted by atomic mass is 10.2. The number of unbranched alkanes of at least 4 members (excludes halogenated alkanes) is 1. The molecule has 1 rings (SSSR count). The third kappa shape index (κ3) is 2.23. The zero-order chi connectivity index (χ0) is 7.23. The summed E-state index contributed by atoms with van der Waals surface area (Å²) in [6.07, 6.45) is 3.31. The van der Waals surface area contributed by atoms with Crippen LogP contribution in [0.25, 0.3) is 0 Å². The second kappa shape index (κ2) is 4.11. The van der Waals surface area contributed by atoms with Gasteiger partial charge in [0.05, 0.1) is 5.69 Å². The van der Waals surface area contributed by atoms with E-state index in [2.05, 4.69) is 9.59 Å². The summed E-state index contributed by atoms with van der Waals surface area (Å²) in [6.45, 7) is 0. The summed E-state index contributed by atoms with van der Waals surface area (Å²) in [5.74, 6) is 0. The van der Waals surface area contributed by atoms with Crippen molar-refractivity contribution < 1.29 is 4.79 Å². The number of carbonyl (C=O) groups excluding carboxylic acids is 1. The van der Waals surface area contributed by atoms with Crippen molar-refractivity contribution in [2.75, 3.05) is 0 Å². The highest BCUT2D eigenvalue weighted by Crippen LogP contribution is 2.01. The molecule has 0 atom stereocenters. The highest BCUT2D eigenvalue weighted by Gasteiger charge is 1.93. The van der Waals surface area contributed by atoms with Crippen LogP contribution in [0.15, 0.2) is 5.38 Å². The zero-order valence-electron chi connectivity index (χ0n) is 5.49. The second-order valence-corrected chi connectivity index (χ2v) is 2.56. The van der Waals surface area contributed by atoms with Crippen molar-refractivity contribution >= 4 is 17.8 Å². The molecule has 0 bridgehead atoms. The van der Waals surface area contributed by atoms with Gasteiger partial charge >= 0.3 is 0 Å². The van der Waals surface area contributed by atoms with Gasteiger partial charge in [0.25, 0.3) is 0 Å². The molecule has 0 aromatic carbocycles. The van der Waals surface area contributed by atoms with Crippen molar-refractivity contribution in [2.24, 2.45) is 0 Å². The average molecular weight is 156 g/mol. The van der Waals surface area contributed by atoms with E-state index in [1.54, 1.807) is 0 Å². The van der Waals surface area contributed by atoms with Gasteiger partial charge in [0.15, 0.2) is 0 Å². The van der Waals surface area contributed by atoms with Gasteiger partial charge in [0.2, 0.25) is 0 Å². The Labute approximate surface area is 63.2 Å². The largest absolute Gasteiger partial charge is 0.303 e. The molecule has 0 amide bonds. The molecule has 54 valence electrons. The number of aryl methyl sites for hydroxylation is 1. The Hall–Kier alpha value is -0.770. The smallest absolute Gasteiger partial charge is 0.120 e. The summed E-state index contributed by atoms with van der Waals surface area (Å²) in [4.78, 5) is 9.90. The highest BCUT2D eigenvalue weighted by atomic mass is 32.1.